The van der Waals surface area contributed by atoms with Gasteiger partial charge in [0.2, 0.25) is 0 Å². The summed E-state index contributed by atoms with van der Waals surface area (Å²) in [6, 6.07) is 6.73. The van der Waals surface area contributed by atoms with E-state index >= 15 is 0 Å². The van der Waals surface area contributed by atoms with Crippen molar-refractivity contribution in [2.45, 2.75) is 51.4 Å². The van der Waals surface area contributed by atoms with Crippen LogP contribution in [-0.2, 0) is 0 Å². The molecule has 0 saturated carbocycles. The van der Waals surface area contributed by atoms with Crippen LogP contribution in [0.25, 0.3) is 0 Å². The molecule has 2 N–H and O–H groups in total. The maximum Gasteiger partial charge on any atom is 0.0601 e. The van der Waals surface area contributed by atoms with Crippen molar-refractivity contribution in [3.05, 3.63) is 18.2 Å². The summed E-state index contributed by atoms with van der Waals surface area (Å²) in [6.45, 7) is 4.69. The fourth-order valence-electron chi connectivity index (χ4n) is 3.67. The van der Waals surface area contributed by atoms with Gasteiger partial charge in [-0.1, -0.05) is 25.7 Å². The van der Waals surface area contributed by atoms with Crippen molar-refractivity contribution in [3.63, 3.8) is 0 Å². The summed E-state index contributed by atoms with van der Waals surface area (Å²) in [5, 5.41) is 0. The quantitative estimate of drug-likeness (QED) is 0.834. The fourth-order valence-corrected chi connectivity index (χ4v) is 3.67. The number of nitrogens with two attached hydrogens (primary N) is 1. The van der Waals surface area contributed by atoms with Gasteiger partial charge in [-0.25, -0.2) is 0 Å². The minimum absolute atomic E-state index is 0.957. The van der Waals surface area contributed by atoms with E-state index in [2.05, 4.69) is 28.0 Å². The van der Waals surface area contributed by atoms with Crippen molar-refractivity contribution in [1.29, 1.82) is 0 Å². The molecule has 0 aromatic heterocycles. The molecule has 2 aliphatic rings. The summed E-state index contributed by atoms with van der Waals surface area (Å²) in [7, 11) is 0. The first-order valence-corrected chi connectivity index (χ1v) is 8.74. The largest absolute Gasteiger partial charge is 0.397 e. The van der Waals surface area contributed by atoms with Gasteiger partial charge in [0.25, 0.3) is 0 Å². The van der Waals surface area contributed by atoms with Crippen molar-refractivity contribution < 1.29 is 0 Å². The Bertz CT molecular complexity index is 442. The molecule has 2 aliphatic heterocycles. The highest BCUT2D eigenvalue weighted by Gasteiger charge is 2.15. The number of benzene rings is 1. The van der Waals surface area contributed by atoms with Crippen LogP contribution in [0, 0.1) is 0 Å². The molecule has 0 spiro atoms. The molecule has 3 heteroatoms. The first-order valence-electron chi connectivity index (χ1n) is 8.74. The molecule has 0 unspecified atom stereocenters. The molecule has 2 heterocycles. The number of hydrogen-bond donors (Lipinski definition) is 1. The summed E-state index contributed by atoms with van der Waals surface area (Å²) in [5.74, 6) is 0. The second-order valence-electron chi connectivity index (χ2n) is 6.55. The molecule has 0 aliphatic carbocycles. The van der Waals surface area contributed by atoms with E-state index in [1.54, 1.807) is 0 Å². The molecule has 0 radical (unpaired) electrons. The number of anilines is 3. The maximum atomic E-state index is 6.38. The Morgan fingerprint density at radius 2 is 1.19 bits per heavy atom. The van der Waals surface area contributed by atoms with Crippen LogP contribution in [0.4, 0.5) is 17.1 Å². The Balaban J connectivity index is 1.75. The van der Waals surface area contributed by atoms with Crippen LogP contribution in [0.1, 0.15) is 51.4 Å². The predicted octanol–water partition coefficient (Wildman–Crippen LogP) is 4.03. The van der Waals surface area contributed by atoms with Gasteiger partial charge in [0, 0.05) is 31.9 Å². The van der Waals surface area contributed by atoms with Crippen LogP contribution in [0.15, 0.2) is 18.2 Å². The summed E-state index contributed by atoms with van der Waals surface area (Å²) < 4.78 is 0. The average Bonchev–Trinajstić information content (AvgIpc) is 2.92. The van der Waals surface area contributed by atoms with Crippen LogP contribution >= 0.6 is 0 Å². The normalized spacial score (nSPS) is 21.0. The molecular weight excluding hydrogens is 258 g/mol. The summed E-state index contributed by atoms with van der Waals surface area (Å²) in [6.07, 6.45) is 10.7. The Morgan fingerprint density at radius 1 is 0.667 bits per heavy atom. The lowest BCUT2D eigenvalue weighted by molar-refractivity contribution is 0.726. The highest BCUT2D eigenvalue weighted by Crippen LogP contribution is 2.31. The maximum absolute atomic E-state index is 6.38. The van der Waals surface area contributed by atoms with E-state index in [0.717, 1.165) is 18.8 Å². The summed E-state index contributed by atoms with van der Waals surface area (Å²) in [5.41, 5.74) is 9.90. The molecule has 0 bridgehead atoms. The van der Waals surface area contributed by atoms with Gasteiger partial charge < -0.3 is 15.5 Å². The van der Waals surface area contributed by atoms with E-state index in [4.69, 9.17) is 5.73 Å². The van der Waals surface area contributed by atoms with Crippen LogP contribution in [0.5, 0.6) is 0 Å². The molecule has 1 aromatic rings. The van der Waals surface area contributed by atoms with E-state index in [-0.39, 0.29) is 0 Å². The fraction of sp³-hybridized carbons (Fsp3) is 0.667. The Labute approximate surface area is 129 Å². The van der Waals surface area contributed by atoms with Crippen LogP contribution in [0.3, 0.4) is 0 Å². The lowest BCUT2D eigenvalue weighted by Crippen LogP contribution is -2.26. The molecule has 0 amide bonds. The molecule has 3 rings (SSSR count). The van der Waals surface area contributed by atoms with Gasteiger partial charge in [-0.3, -0.25) is 0 Å². The number of nitrogens with zero attached hydrogens (tertiary/aromatic N) is 2. The Kier molecular flexibility index (Phi) is 4.89. The first-order chi connectivity index (χ1) is 10.3. The minimum atomic E-state index is 0.957. The lowest BCUT2D eigenvalue weighted by atomic mass is 10.2. The number of nitrogen functional groups attached to an aromatic ring is 1. The molecule has 21 heavy (non-hydrogen) atoms. The van der Waals surface area contributed by atoms with Crippen molar-refractivity contribution in [2.75, 3.05) is 41.7 Å². The van der Waals surface area contributed by atoms with Gasteiger partial charge >= 0.3 is 0 Å². The molecule has 3 nitrogen and oxygen atoms in total. The standard InChI is InChI=1S/C18H29N3/c19-17-15-16(20-11-5-1-2-6-12-20)9-10-18(17)21-13-7-3-4-8-14-21/h9-10,15H,1-8,11-14,19H2. The van der Waals surface area contributed by atoms with E-state index < -0.39 is 0 Å². The summed E-state index contributed by atoms with van der Waals surface area (Å²) in [4.78, 5) is 4.99. The van der Waals surface area contributed by atoms with Crippen molar-refractivity contribution in [1.82, 2.24) is 0 Å². The van der Waals surface area contributed by atoms with Gasteiger partial charge in [-0.05, 0) is 43.9 Å². The third-order valence-corrected chi connectivity index (χ3v) is 4.93. The highest BCUT2D eigenvalue weighted by molar-refractivity contribution is 5.73. The molecule has 2 fully saturated rings. The van der Waals surface area contributed by atoms with Crippen LogP contribution < -0.4 is 15.5 Å². The average molecular weight is 287 g/mol. The van der Waals surface area contributed by atoms with E-state index in [1.165, 1.54) is 75.8 Å². The topological polar surface area (TPSA) is 32.5 Å². The van der Waals surface area contributed by atoms with Gasteiger partial charge in [-0.15, -0.1) is 0 Å². The molecular formula is C18H29N3. The second kappa shape index (κ2) is 7.06. The van der Waals surface area contributed by atoms with Crippen molar-refractivity contribution in [3.8, 4) is 0 Å². The number of rotatable bonds is 2. The summed E-state index contributed by atoms with van der Waals surface area (Å²) >= 11 is 0. The molecule has 116 valence electrons. The van der Waals surface area contributed by atoms with Crippen LogP contribution in [0.2, 0.25) is 0 Å². The Hall–Kier alpha value is -1.38. The zero-order valence-electron chi connectivity index (χ0n) is 13.2. The van der Waals surface area contributed by atoms with E-state index in [1.807, 2.05) is 0 Å². The van der Waals surface area contributed by atoms with Crippen molar-refractivity contribution >= 4 is 17.1 Å². The van der Waals surface area contributed by atoms with Gasteiger partial charge in [0.05, 0.1) is 11.4 Å². The van der Waals surface area contributed by atoms with Crippen molar-refractivity contribution in [2.24, 2.45) is 0 Å². The third kappa shape index (κ3) is 3.63. The zero-order chi connectivity index (χ0) is 14.5. The first kappa shape index (κ1) is 14.6. The number of hydrogen-bond acceptors (Lipinski definition) is 3. The SMILES string of the molecule is Nc1cc(N2CCCCCC2)ccc1N1CCCCCC1. The van der Waals surface area contributed by atoms with E-state index in [0.29, 0.717) is 0 Å². The molecule has 1 aromatic carbocycles. The molecule has 2 saturated heterocycles. The van der Waals surface area contributed by atoms with Gasteiger partial charge in [0.1, 0.15) is 0 Å². The lowest BCUT2D eigenvalue weighted by Gasteiger charge is -2.27. The minimum Gasteiger partial charge on any atom is -0.397 e. The van der Waals surface area contributed by atoms with E-state index in [9.17, 15) is 0 Å². The third-order valence-electron chi connectivity index (χ3n) is 4.93. The molecule has 0 atom stereocenters. The highest BCUT2D eigenvalue weighted by atomic mass is 15.1. The van der Waals surface area contributed by atoms with Crippen LogP contribution in [-0.4, -0.2) is 26.2 Å². The predicted molar refractivity (Wildman–Crippen MR) is 92.2 cm³/mol. The van der Waals surface area contributed by atoms with Gasteiger partial charge in [0.15, 0.2) is 0 Å². The zero-order valence-corrected chi connectivity index (χ0v) is 13.2. The Morgan fingerprint density at radius 3 is 1.71 bits per heavy atom. The smallest absolute Gasteiger partial charge is 0.0601 e. The monoisotopic (exact) mass is 287 g/mol. The second-order valence-corrected chi connectivity index (χ2v) is 6.55. The van der Waals surface area contributed by atoms with Gasteiger partial charge in [-0.2, -0.15) is 0 Å².